The Labute approximate surface area is 181 Å². The number of methoxy groups -OCH3 is 1. The Morgan fingerprint density at radius 1 is 1.13 bits per heavy atom. The van der Waals surface area contributed by atoms with Gasteiger partial charge < -0.3 is 14.5 Å². The Balaban J connectivity index is 1.50. The van der Waals surface area contributed by atoms with Crippen LogP contribution in [0, 0.1) is 0 Å². The zero-order chi connectivity index (χ0) is 21.4. The fraction of sp³-hybridized carbons (Fsp3) is 0.333. The van der Waals surface area contributed by atoms with Gasteiger partial charge in [-0.2, -0.15) is 0 Å². The summed E-state index contributed by atoms with van der Waals surface area (Å²) in [6.07, 6.45) is 5.37. The van der Waals surface area contributed by atoms with E-state index < -0.39 is 0 Å². The van der Waals surface area contributed by atoms with Crippen LogP contribution in [0.5, 0.6) is 5.75 Å². The van der Waals surface area contributed by atoms with Gasteiger partial charge in [0.2, 0.25) is 5.91 Å². The number of carbonyl (C=O) groups excluding carboxylic acids is 1. The van der Waals surface area contributed by atoms with Gasteiger partial charge in [0.1, 0.15) is 23.3 Å². The maximum Gasteiger partial charge on any atom is 0.249 e. The lowest BCUT2D eigenvalue weighted by molar-refractivity contribution is -0.118. The summed E-state index contributed by atoms with van der Waals surface area (Å²) < 4.78 is 5.34. The summed E-state index contributed by atoms with van der Waals surface area (Å²) in [7, 11) is 3.60. The molecule has 7 nitrogen and oxygen atoms in total. The molecule has 1 saturated heterocycles. The van der Waals surface area contributed by atoms with Crippen molar-refractivity contribution in [2.45, 2.75) is 31.7 Å². The van der Waals surface area contributed by atoms with Crippen molar-refractivity contribution in [3.8, 4) is 17.3 Å². The number of ether oxygens (including phenoxy) is 1. The summed E-state index contributed by atoms with van der Waals surface area (Å²) in [4.78, 5) is 31.3. The first kappa shape index (κ1) is 19.5. The number of hydrogen-bond donors (Lipinski definition) is 0. The van der Waals surface area contributed by atoms with Crippen molar-refractivity contribution in [3.05, 3.63) is 59.9 Å². The smallest absolute Gasteiger partial charge is 0.249 e. The summed E-state index contributed by atoms with van der Waals surface area (Å²) in [6.45, 7) is 0.704. The van der Waals surface area contributed by atoms with E-state index in [1.54, 1.807) is 19.4 Å². The molecular weight excluding hydrogens is 390 g/mol. The second-order valence-electron chi connectivity index (χ2n) is 7.97. The SMILES string of the molecule is COc1ccnc(-c2nc3c(c(N(C)[C@@H]4CCN(c5ccccc5)C4=O)n2)CCC3)c1. The molecule has 1 aliphatic heterocycles. The van der Waals surface area contributed by atoms with Crippen molar-refractivity contribution >= 4 is 17.4 Å². The highest BCUT2D eigenvalue weighted by Crippen LogP contribution is 2.34. The van der Waals surface area contributed by atoms with Crippen LogP contribution in [0.2, 0.25) is 0 Å². The molecule has 0 bridgehead atoms. The number of carbonyl (C=O) groups is 1. The number of aryl methyl sites for hydroxylation is 1. The zero-order valence-corrected chi connectivity index (χ0v) is 17.8. The van der Waals surface area contributed by atoms with Crippen LogP contribution in [0.1, 0.15) is 24.1 Å². The van der Waals surface area contributed by atoms with Gasteiger partial charge in [0.15, 0.2) is 5.82 Å². The summed E-state index contributed by atoms with van der Waals surface area (Å²) in [6, 6.07) is 13.3. The second-order valence-corrected chi connectivity index (χ2v) is 7.97. The van der Waals surface area contributed by atoms with E-state index in [1.165, 1.54) is 0 Å². The first-order valence-corrected chi connectivity index (χ1v) is 10.6. The van der Waals surface area contributed by atoms with Crippen LogP contribution in [-0.4, -0.2) is 47.6 Å². The minimum absolute atomic E-state index is 0.111. The van der Waals surface area contributed by atoms with Gasteiger partial charge in [-0.15, -0.1) is 0 Å². The third-order valence-corrected chi connectivity index (χ3v) is 6.15. The van der Waals surface area contributed by atoms with Gasteiger partial charge in [0, 0.05) is 42.8 Å². The first-order valence-electron chi connectivity index (χ1n) is 10.6. The number of anilines is 2. The van der Waals surface area contributed by atoms with Crippen LogP contribution in [0.15, 0.2) is 48.7 Å². The Morgan fingerprint density at radius 2 is 1.97 bits per heavy atom. The number of hydrogen-bond acceptors (Lipinski definition) is 6. The average Bonchev–Trinajstić information content (AvgIpc) is 3.45. The lowest BCUT2D eigenvalue weighted by atomic mass is 10.1. The zero-order valence-electron chi connectivity index (χ0n) is 17.8. The van der Waals surface area contributed by atoms with E-state index in [-0.39, 0.29) is 11.9 Å². The molecule has 3 heterocycles. The van der Waals surface area contributed by atoms with E-state index in [1.807, 2.05) is 53.2 Å². The molecule has 7 heteroatoms. The predicted molar refractivity (Wildman–Crippen MR) is 119 cm³/mol. The third-order valence-electron chi connectivity index (χ3n) is 6.15. The lowest BCUT2D eigenvalue weighted by Crippen LogP contribution is -2.40. The van der Waals surface area contributed by atoms with Crippen LogP contribution in [0.3, 0.4) is 0 Å². The van der Waals surface area contributed by atoms with Crippen molar-refractivity contribution in [3.63, 3.8) is 0 Å². The molecule has 0 unspecified atom stereocenters. The Kier molecular flexibility index (Phi) is 5.02. The third kappa shape index (κ3) is 3.50. The normalized spacial score (nSPS) is 17.7. The van der Waals surface area contributed by atoms with Crippen molar-refractivity contribution in [1.82, 2.24) is 15.0 Å². The van der Waals surface area contributed by atoms with Gasteiger partial charge in [-0.3, -0.25) is 9.78 Å². The second kappa shape index (κ2) is 7.98. The van der Waals surface area contributed by atoms with E-state index in [4.69, 9.17) is 14.7 Å². The van der Waals surface area contributed by atoms with E-state index >= 15 is 0 Å². The van der Waals surface area contributed by atoms with Gasteiger partial charge in [-0.1, -0.05) is 18.2 Å². The number of fused-ring (bicyclic) bond motifs is 1. The van der Waals surface area contributed by atoms with Gasteiger partial charge in [0.05, 0.1) is 7.11 Å². The molecule has 1 aromatic carbocycles. The minimum atomic E-state index is -0.245. The van der Waals surface area contributed by atoms with Crippen molar-refractivity contribution in [2.75, 3.05) is 30.5 Å². The molecule has 2 aromatic heterocycles. The molecule has 0 N–H and O–H groups in total. The lowest BCUT2D eigenvalue weighted by Gasteiger charge is -2.27. The molecule has 158 valence electrons. The van der Waals surface area contributed by atoms with E-state index in [9.17, 15) is 4.79 Å². The summed E-state index contributed by atoms with van der Waals surface area (Å²) in [5, 5.41) is 0. The highest BCUT2D eigenvalue weighted by molar-refractivity contribution is 6.01. The van der Waals surface area contributed by atoms with Gasteiger partial charge in [-0.05, 0) is 43.9 Å². The molecule has 0 radical (unpaired) electrons. The van der Waals surface area contributed by atoms with Crippen LogP contribution in [0.25, 0.3) is 11.5 Å². The Bertz CT molecular complexity index is 1120. The molecule has 3 aromatic rings. The summed E-state index contributed by atoms with van der Waals surface area (Å²) in [5.41, 5.74) is 3.83. The molecule has 0 saturated carbocycles. The molecule has 1 aliphatic carbocycles. The number of para-hydroxylation sites is 1. The number of rotatable bonds is 5. The fourth-order valence-corrected chi connectivity index (χ4v) is 4.52. The van der Waals surface area contributed by atoms with Crippen LogP contribution in [-0.2, 0) is 17.6 Å². The van der Waals surface area contributed by atoms with Gasteiger partial charge in [-0.25, -0.2) is 9.97 Å². The number of benzene rings is 1. The summed E-state index contributed by atoms with van der Waals surface area (Å²) in [5.74, 6) is 2.25. The maximum absolute atomic E-state index is 13.3. The van der Waals surface area contributed by atoms with Gasteiger partial charge >= 0.3 is 0 Å². The predicted octanol–water partition coefficient (Wildman–Crippen LogP) is 3.28. The van der Waals surface area contributed by atoms with Gasteiger partial charge in [0.25, 0.3) is 0 Å². The number of aromatic nitrogens is 3. The Morgan fingerprint density at radius 3 is 2.77 bits per heavy atom. The molecule has 1 atom stereocenters. The molecule has 2 aliphatic rings. The highest BCUT2D eigenvalue weighted by Gasteiger charge is 2.37. The first-order chi connectivity index (χ1) is 15.2. The average molecular weight is 415 g/mol. The van der Waals surface area contributed by atoms with Crippen LogP contribution >= 0.6 is 0 Å². The number of pyridine rings is 1. The van der Waals surface area contributed by atoms with Crippen molar-refractivity contribution in [1.29, 1.82) is 0 Å². The topological polar surface area (TPSA) is 71.5 Å². The number of likely N-dealkylation sites (N-methyl/N-ethyl adjacent to an activating group) is 1. The van der Waals surface area contributed by atoms with E-state index in [0.717, 1.165) is 48.4 Å². The summed E-state index contributed by atoms with van der Waals surface area (Å²) >= 11 is 0. The van der Waals surface area contributed by atoms with Crippen molar-refractivity contribution < 1.29 is 9.53 Å². The molecule has 1 amide bonds. The van der Waals surface area contributed by atoms with Crippen LogP contribution < -0.4 is 14.5 Å². The maximum atomic E-state index is 13.3. The molecular formula is C24H25N5O2. The quantitative estimate of drug-likeness (QED) is 0.637. The largest absolute Gasteiger partial charge is 0.497 e. The molecule has 5 rings (SSSR count). The van der Waals surface area contributed by atoms with Crippen molar-refractivity contribution in [2.24, 2.45) is 0 Å². The molecule has 1 fully saturated rings. The monoisotopic (exact) mass is 415 g/mol. The minimum Gasteiger partial charge on any atom is -0.497 e. The fourth-order valence-electron chi connectivity index (χ4n) is 4.52. The van der Waals surface area contributed by atoms with E-state index in [0.29, 0.717) is 23.8 Å². The number of amides is 1. The molecule has 0 spiro atoms. The highest BCUT2D eigenvalue weighted by atomic mass is 16.5. The molecule has 31 heavy (non-hydrogen) atoms. The standard InChI is InChI=1S/C24H25N5O2/c1-28(21-12-14-29(24(21)30)16-7-4-3-5-8-16)23-18-9-6-10-19(18)26-22(27-23)20-15-17(31-2)11-13-25-20/h3-5,7-8,11,13,15,21H,6,9-10,12,14H2,1-2H3/t21-/m1/s1. The Hall–Kier alpha value is -3.48. The van der Waals surface area contributed by atoms with Crippen LogP contribution in [0.4, 0.5) is 11.5 Å². The van der Waals surface area contributed by atoms with E-state index in [2.05, 4.69) is 4.98 Å². The number of nitrogens with zero attached hydrogens (tertiary/aromatic N) is 5.